The van der Waals surface area contributed by atoms with E-state index < -0.39 is 11.7 Å². The fraction of sp³-hybridized carbons (Fsp3) is 0.0952. The first-order valence-electron chi connectivity index (χ1n) is 9.00. The minimum atomic E-state index is -0.530. The van der Waals surface area contributed by atoms with Gasteiger partial charge in [0.05, 0.1) is 16.3 Å². The summed E-state index contributed by atoms with van der Waals surface area (Å²) in [4.78, 5) is 24.9. The molecule has 0 fully saturated rings. The average Bonchev–Trinajstić information content (AvgIpc) is 3.15. The fourth-order valence-electron chi connectivity index (χ4n) is 3.02. The number of fused-ring (bicyclic) bond motifs is 1. The summed E-state index contributed by atoms with van der Waals surface area (Å²) >= 11 is 5.89. The molecule has 0 spiro atoms. The van der Waals surface area contributed by atoms with E-state index >= 15 is 0 Å². The van der Waals surface area contributed by atoms with Gasteiger partial charge in [0.25, 0.3) is 11.5 Å². The Bertz CT molecular complexity index is 1300. The quantitative estimate of drug-likeness (QED) is 0.529. The molecular formula is C21H15ClF2N4O2. The number of nitrogens with one attached hydrogen (secondary N) is 1. The molecule has 4 aromatic rings. The number of amides is 1. The van der Waals surface area contributed by atoms with Crippen molar-refractivity contribution in [3.8, 4) is 11.3 Å². The van der Waals surface area contributed by atoms with Crippen LogP contribution in [0.1, 0.15) is 10.4 Å². The van der Waals surface area contributed by atoms with Gasteiger partial charge in [-0.15, -0.1) is 0 Å². The molecule has 2 aromatic carbocycles. The monoisotopic (exact) mass is 428 g/mol. The molecule has 0 saturated carbocycles. The van der Waals surface area contributed by atoms with Crippen molar-refractivity contribution >= 4 is 23.0 Å². The Morgan fingerprint density at radius 3 is 2.50 bits per heavy atom. The molecular weight excluding hydrogens is 414 g/mol. The molecule has 9 heteroatoms. The number of hydrogen-bond donors (Lipinski definition) is 1. The van der Waals surface area contributed by atoms with E-state index in [1.165, 1.54) is 27.3 Å². The lowest BCUT2D eigenvalue weighted by molar-refractivity contribution is 0.0952. The van der Waals surface area contributed by atoms with Crippen LogP contribution in [0.5, 0.6) is 0 Å². The van der Waals surface area contributed by atoms with Gasteiger partial charge < -0.3 is 9.88 Å². The van der Waals surface area contributed by atoms with Crippen molar-refractivity contribution in [1.82, 2.24) is 19.5 Å². The molecule has 0 aliphatic rings. The Hall–Kier alpha value is -3.52. The highest BCUT2D eigenvalue weighted by Gasteiger charge is 2.12. The standard InChI is InChI=1S/C21H15ClF2N4O2/c22-17-11-15(24)5-6-16(17)20(29)25-7-8-27-9-10-28-19(21(27)30)12-18(26-28)13-1-3-14(23)4-2-13/h1-6,9-12H,7-8H2,(H,25,29). The van der Waals surface area contributed by atoms with Crippen molar-refractivity contribution in [2.24, 2.45) is 0 Å². The maximum absolute atomic E-state index is 13.1. The predicted octanol–water partition coefficient (Wildman–Crippen LogP) is 3.52. The van der Waals surface area contributed by atoms with Crippen molar-refractivity contribution in [3.05, 3.63) is 93.5 Å². The molecule has 0 aliphatic heterocycles. The molecule has 0 bridgehead atoms. The maximum Gasteiger partial charge on any atom is 0.276 e. The molecule has 30 heavy (non-hydrogen) atoms. The third kappa shape index (κ3) is 3.95. The lowest BCUT2D eigenvalue weighted by Crippen LogP contribution is -2.31. The van der Waals surface area contributed by atoms with Crippen LogP contribution in [0.3, 0.4) is 0 Å². The summed E-state index contributed by atoms with van der Waals surface area (Å²) in [6, 6.07) is 11.0. The molecule has 4 rings (SSSR count). The normalized spacial score (nSPS) is 11.0. The van der Waals surface area contributed by atoms with Gasteiger partial charge in [-0.3, -0.25) is 9.59 Å². The molecule has 0 aliphatic carbocycles. The van der Waals surface area contributed by atoms with Crippen LogP contribution in [0.2, 0.25) is 5.02 Å². The van der Waals surface area contributed by atoms with E-state index in [4.69, 9.17) is 11.6 Å². The Labute approximate surface area is 174 Å². The Morgan fingerprint density at radius 2 is 1.77 bits per heavy atom. The van der Waals surface area contributed by atoms with Crippen LogP contribution in [0.25, 0.3) is 16.8 Å². The lowest BCUT2D eigenvalue weighted by atomic mass is 10.1. The molecule has 0 saturated heterocycles. The molecule has 2 heterocycles. The van der Waals surface area contributed by atoms with Gasteiger partial charge in [-0.1, -0.05) is 11.6 Å². The van der Waals surface area contributed by atoms with E-state index in [1.54, 1.807) is 30.6 Å². The first kappa shape index (κ1) is 19.8. The molecule has 152 valence electrons. The number of nitrogens with zero attached hydrogens (tertiary/aromatic N) is 3. The summed E-state index contributed by atoms with van der Waals surface area (Å²) in [5.41, 5.74) is 1.45. The second kappa shape index (κ2) is 8.08. The van der Waals surface area contributed by atoms with E-state index in [0.29, 0.717) is 16.8 Å². The lowest BCUT2D eigenvalue weighted by Gasteiger charge is -2.09. The number of hydrogen-bond acceptors (Lipinski definition) is 3. The fourth-order valence-corrected chi connectivity index (χ4v) is 3.28. The van der Waals surface area contributed by atoms with Crippen molar-refractivity contribution in [2.75, 3.05) is 6.54 Å². The number of halogens is 3. The number of carbonyl (C=O) groups excluding carboxylic acids is 1. The second-order valence-corrected chi connectivity index (χ2v) is 6.95. The highest BCUT2D eigenvalue weighted by molar-refractivity contribution is 6.33. The smallest absolute Gasteiger partial charge is 0.276 e. The summed E-state index contributed by atoms with van der Waals surface area (Å²) in [7, 11) is 0. The second-order valence-electron chi connectivity index (χ2n) is 6.54. The van der Waals surface area contributed by atoms with Crippen LogP contribution in [-0.4, -0.2) is 26.6 Å². The number of benzene rings is 2. The zero-order chi connectivity index (χ0) is 21.3. The zero-order valence-corrected chi connectivity index (χ0v) is 16.2. The Kier molecular flexibility index (Phi) is 5.33. The van der Waals surface area contributed by atoms with Gasteiger partial charge in [0, 0.05) is 31.0 Å². The van der Waals surface area contributed by atoms with Gasteiger partial charge in [0.15, 0.2) is 0 Å². The summed E-state index contributed by atoms with van der Waals surface area (Å²) in [5, 5.41) is 7.01. The van der Waals surface area contributed by atoms with Crippen LogP contribution in [-0.2, 0) is 6.54 Å². The summed E-state index contributed by atoms with van der Waals surface area (Å²) in [6.45, 7) is 0.387. The molecule has 2 aromatic heterocycles. The van der Waals surface area contributed by atoms with Crippen molar-refractivity contribution in [3.63, 3.8) is 0 Å². The van der Waals surface area contributed by atoms with Gasteiger partial charge in [0.1, 0.15) is 17.2 Å². The van der Waals surface area contributed by atoms with Gasteiger partial charge in [-0.25, -0.2) is 13.3 Å². The van der Waals surface area contributed by atoms with E-state index in [9.17, 15) is 18.4 Å². The topological polar surface area (TPSA) is 68.4 Å². The Morgan fingerprint density at radius 1 is 1.03 bits per heavy atom. The van der Waals surface area contributed by atoms with Crippen molar-refractivity contribution in [1.29, 1.82) is 0 Å². The van der Waals surface area contributed by atoms with Gasteiger partial charge in [-0.05, 0) is 48.5 Å². The van der Waals surface area contributed by atoms with Crippen LogP contribution >= 0.6 is 11.6 Å². The maximum atomic E-state index is 13.1. The predicted molar refractivity (Wildman–Crippen MR) is 109 cm³/mol. The zero-order valence-electron chi connectivity index (χ0n) is 15.5. The number of carbonyl (C=O) groups is 1. The van der Waals surface area contributed by atoms with Gasteiger partial charge >= 0.3 is 0 Å². The molecule has 1 amide bonds. The molecule has 0 radical (unpaired) electrons. The molecule has 1 N–H and O–H groups in total. The largest absolute Gasteiger partial charge is 0.350 e. The highest BCUT2D eigenvalue weighted by Crippen LogP contribution is 2.19. The number of aromatic nitrogens is 3. The Balaban J connectivity index is 1.49. The third-order valence-corrected chi connectivity index (χ3v) is 4.87. The van der Waals surface area contributed by atoms with Crippen LogP contribution in [0, 0.1) is 11.6 Å². The van der Waals surface area contributed by atoms with Gasteiger partial charge in [0.2, 0.25) is 0 Å². The molecule has 6 nitrogen and oxygen atoms in total. The van der Waals surface area contributed by atoms with E-state index in [1.807, 2.05) is 0 Å². The van der Waals surface area contributed by atoms with Crippen LogP contribution in [0.4, 0.5) is 8.78 Å². The first-order valence-corrected chi connectivity index (χ1v) is 9.38. The van der Waals surface area contributed by atoms with Crippen LogP contribution < -0.4 is 10.9 Å². The third-order valence-electron chi connectivity index (χ3n) is 4.56. The minimum absolute atomic E-state index is 0.0127. The summed E-state index contributed by atoms with van der Waals surface area (Å²) in [6.07, 6.45) is 3.19. The molecule has 0 atom stereocenters. The average molecular weight is 429 g/mol. The minimum Gasteiger partial charge on any atom is -0.350 e. The highest BCUT2D eigenvalue weighted by atomic mass is 35.5. The van der Waals surface area contributed by atoms with E-state index in [0.717, 1.165) is 12.1 Å². The number of rotatable bonds is 5. The summed E-state index contributed by atoms with van der Waals surface area (Å²) in [5.74, 6) is -1.34. The van der Waals surface area contributed by atoms with E-state index in [2.05, 4.69) is 10.4 Å². The first-order chi connectivity index (χ1) is 14.4. The summed E-state index contributed by atoms with van der Waals surface area (Å²) < 4.78 is 29.1. The molecule has 0 unspecified atom stereocenters. The van der Waals surface area contributed by atoms with Crippen molar-refractivity contribution in [2.45, 2.75) is 6.54 Å². The van der Waals surface area contributed by atoms with Crippen molar-refractivity contribution < 1.29 is 13.6 Å². The SMILES string of the molecule is O=C(NCCn1ccn2nc(-c3ccc(F)cc3)cc2c1=O)c1ccc(F)cc1Cl. The van der Waals surface area contributed by atoms with Crippen LogP contribution in [0.15, 0.2) is 65.7 Å². The van der Waals surface area contributed by atoms with Gasteiger partial charge in [-0.2, -0.15) is 5.10 Å². The van der Waals surface area contributed by atoms with E-state index in [-0.39, 0.29) is 35.1 Å².